The van der Waals surface area contributed by atoms with E-state index in [0.717, 1.165) is 26.1 Å². The van der Waals surface area contributed by atoms with Crippen LogP contribution in [0.2, 0.25) is 0 Å². The number of carbonyl (C=O) groups excluding carboxylic acids is 1. The monoisotopic (exact) mass is 294 g/mol. The van der Waals surface area contributed by atoms with Crippen LogP contribution in [0, 0.1) is 5.92 Å². The Kier molecular flexibility index (Phi) is 11.2. The minimum Gasteiger partial charge on any atom is -0.379 e. The molecule has 114 valence electrons. The van der Waals surface area contributed by atoms with Crippen LogP contribution in [-0.2, 0) is 14.3 Å². The van der Waals surface area contributed by atoms with E-state index in [1.807, 2.05) is 6.92 Å². The van der Waals surface area contributed by atoms with Crippen LogP contribution in [-0.4, -0.2) is 51.5 Å². The number of halogens is 1. The van der Waals surface area contributed by atoms with Gasteiger partial charge in [-0.15, -0.1) is 12.4 Å². The fourth-order valence-electron chi connectivity index (χ4n) is 2.01. The summed E-state index contributed by atoms with van der Waals surface area (Å²) in [6.45, 7) is 8.33. The molecule has 0 saturated carbocycles. The first kappa shape index (κ1) is 18.6. The number of nitrogens with one attached hydrogen (secondary N) is 2. The third kappa shape index (κ3) is 8.42. The Balaban J connectivity index is 0.00000324. The van der Waals surface area contributed by atoms with Gasteiger partial charge in [-0.1, -0.05) is 0 Å². The molecule has 1 aliphatic heterocycles. The molecule has 2 atom stereocenters. The summed E-state index contributed by atoms with van der Waals surface area (Å²) in [6.07, 6.45) is 1.87. The van der Waals surface area contributed by atoms with Crippen LogP contribution in [0.5, 0.6) is 0 Å². The molecule has 1 saturated heterocycles. The Bertz CT molecular complexity index is 236. The zero-order chi connectivity index (χ0) is 13.2. The fourth-order valence-corrected chi connectivity index (χ4v) is 2.01. The molecule has 2 unspecified atom stereocenters. The van der Waals surface area contributed by atoms with Crippen LogP contribution in [0.4, 0.5) is 0 Å². The molecule has 0 aromatic rings. The number of hydrogen-bond donors (Lipinski definition) is 2. The third-order valence-electron chi connectivity index (χ3n) is 3.18. The Labute approximate surface area is 122 Å². The first-order valence-electron chi connectivity index (χ1n) is 6.91. The van der Waals surface area contributed by atoms with Crippen LogP contribution in [0.1, 0.15) is 26.7 Å². The highest BCUT2D eigenvalue weighted by Gasteiger charge is 2.16. The molecule has 0 aromatic heterocycles. The zero-order valence-electron chi connectivity index (χ0n) is 11.9. The first-order valence-corrected chi connectivity index (χ1v) is 6.91. The van der Waals surface area contributed by atoms with Gasteiger partial charge in [-0.05, 0) is 45.7 Å². The van der Waals surface area contributed by atoms with Crippen LogP contribution < -0.4 is 10.6 Å². The molecule has 0 radical (unpaired) electrons. The van der Waals surface area contributed by atoms with Gasteiger partial charge in [0.15, 0.2) is 0 Å². The van der Waals surface area contributed by atoms with Crippen molar-refractivity contribution in [2.75, 3.05) is 39.5 Å². The number of ether oxygens (including phenoxy) is 2. The maximum Gasteiger partial charge on any atom is 0.248 e. The van der Waals surface area contributed by atoms with Gasteiger partial charge in [0.1, 0.15) is 6.10 Å². The van der Waals surface area contributed by atoms with E-state index in [-0.39, 0.29) is 18.3 Å². The fraction of sp³-hybridized carbons (Fsp3) is 0.923. The third-order valence-corrected chi connectivity index (χ3v) is 3.18. The molecular weight excluding hydrogens is 268 g/mol. The highest BCUT2D eigenvalue weighted by Crippen LogP contribution is 2.10. The van der Waals surface area contributed by atoms with Crippen LogP contribution in [0.25, 0.3) is 0 Å². The first-order chi connectivity index (χ1) is 8.74. The molecule has 0 spiro atoms. The molecule has 1 heterocycles. The van der Waals surface area contributed by atoms with Crippen LogP contribution >= 0.6 is 12.4 Å². The SMILES string of the molecule is CCOCCOC(C)C(=O)NCCC1CCNC1.Cl. The normalized spacial score (nSPS) is 19.8. The van der Waals surface area contributed by atoms with Crippen molar-refractivity contribution >= 4 is 18.3 Å². The topological polar surface area (TPSA) is 59.6 Å². The van der Waals surface area contributed by atoms with Crippen LogP contribution in [0.15, 0.2) is 0 Å². The van der Waals surface area contributed by atoms with E-state index in [4.69, 9.17) is 9.47 Å². The molecular formula is C13H27ClN2O3. The lowest BCUT2D eigenvalue weighted by molar-refractivity contribution is -0.132. The highest BCUT2D eigenvalue weighted by molar-refractivity contribution is 5.85. The second-order valence-electron chi connectivity index (χ2n) is 4.65. The van der Waals surface area contributed by atoms with E-state index in [0.29, 0.717) is 25.7 Å². The van der Waals surface area contributed by atoms with Gasteiger partial charge in [0.25, 0.3) is 0 Å². The second kappa shape index (κ2) is 11.5. The predicted octanol–water partition coefficient (Wildman–Crippen LogP) is 0.966. The van der Waals surface area contributed by atoms with Crippen LogP contribution in [0.3, 0.4) is 0 Å². The average Bonchev–Trinajstić information content (AvgIpc) is 2.87. The van der Waals surface area contributed by atoms with Crippen molar-refractivity contribution in [1.82, 2.24) is 10.6 Å². The van der Waals surface area contributed by atoms with E-state index in [1.54, 1.807) is 6.92 Å². The number of rotatable bonds is 9. The molecule has 1 rings (SSSR count). The van der Waals surface area contributed by atoms with E-state index in [9.17, 15) is 4.79 Å². The van der Waals surface area contributed by atoms with Gasteiger partial charge in [0, 0.05) is 13.2 Å². The molecule has 2 N–H and O–H groups in total. The van der Waals surface area contributed by atoms with Gasteiger partial charge in [-0.2, -0.15) is 0 Å². The molecule has 0 bridgehead atoms. The largest absolute Gasteiger partial charge is 0.379 e. The molecule has 5 nitrogen and oxygen atoms in total. The lowest BCUT2D eigenvalue weighted by atomic mass is 10.1. The van der Waals surface area contributed by atoms with Gasteiger partial charge in [0.2, 0.25) is 5.91 Å². The minimum atomic E-state index is -0.396. The Hall–Kier alpha value is -0.360. The highest BCUT2D eigenvalue weighted by atomic mass is 35.5. The van der Waals surface area contributed by atoms with E-state index >= 15 is 0 Å². The summed E-state index contributed by atoms with van der Waals surface area (Å²) in [4.78, 5) is 11.7. The standard InChI is InChI=1S/C13H26N2O3.ClH/c1-3-17-8-9-18-11(2)13(16)15-7-5-12-4-6-14-10-12;/h11-12,14H,3-10H2,1-2H3,(H,15,16);1H. The van der Waals surface area contributed by atoms with Crippen molar-refractivity contribution in [2.45, 2.75) is 32.8 Å². The summed E-state index contributed by atoms with van der Waals surface area (Å²) in [6, 6.07) is 0. The molecule has 1 fully saturated rings. The summed E-state index contributed by atoms with van der Waals surface area (Å²) in [7, 11) is 0. The maximum atomic E-state index is 11.7. The zero-order valence-corrected chi connectivity index (χ0v) is 12.8. The van der Waals surface area contributed by atoms with Gasteiger partial charge < -0.3 is 20.1 Å². The van der Waals surface area contributed by atoms with Gasteiger partial charge in [-0.3, -0.25) is 4.79 Å². The summed E-state index contributed by atoms with van der Waals surface area (Å²) in [5.41, 5.74) is 0. The molecule has 1 aliphatic rings. The lowest BCUT2D eigenvalue weighted by Gasteiger charge is -2.14. The quantitative estimate of drug-likeness (QED) is 0.622. The van der Waals surface area contributed by atoms with Crippen molar-refractivity contribution in [1.29, 1.82) is 0 Å². The van der Waals surface area contributed by atoms with Gasteiger partial charge >= 0.3 is 0 Å². The lowest BCUT2D eigenvalue weighted by Crippen LogP contribution is -2.36. The number of carbonyl (C=O) groups is 1. The smallest absolute Gasteiger partial charge is 0.248 e. The summed E-state index contributed by atoms with van der Waals surface area (Å²) in [5, 5.41) is 6.24. The molecule has 19 heavy (non-hydrogen) atoms. The molecule has 1 amide bonds. The maximum absolute atomic E-state index is 11.7. The van der Waals surface area contributed by atoms with E-state index in [1.165, 1.54) is 6.42 Å². The summed E-state index contributed by atoms with van der Waals surface area (Å²) >= 11 is 0. The minimum absolute atomic E-state index is 0. The van der Waals surface area contributed by atoms with Gasteiger partial charge in [-0.25, -0.2) is 0 Å². The van der Waals surface area contributed by atoms with E-state index in [2.05, 4.69) is 10.6 Å². The summed E-state index contributed by atoms with van der Waals surface area (Å²) < 4.78 is 10.5. The van der Waals surface area contributed by atoms with E-state index < -0.39 is 6.10 Å². The number of hydrogen-bond acceptors (Lipinski definition) is 4. The molecule has 6 heteroatoms. The van der Waals surface area contributed by atoms with Crippen molar-refractivity contribution in [3.8, 4) is 0 Å². The molecule has 0 aromatic carbocycles. The Morgan fingerprint density at radius 3 is 2.89 bits per heavy atom. The second-order valence-corrected chi connectivity index (χ2v) is 4.65. The number of amides is 1. The van der Waals surface area contributed by atoms with Gasteiger partial charge in [0.05, 0.1) is 13.2 Å². The Morgan fingerprint density at radius 1 is 1.47 bits per heavy atom. The Morgan fingerprint density at radius 2 is 2.26 bits per heavy atom. The van der Waals surface area contributed by atoms with Crippen molar-refractivity contribution in [3.63, 3.8) is 0 Å². The van der Waals surface area contributed by atoms with Crippen molar-refractivity contribution in [3.05, 3.63) is 0 Å². The average molecular weight is 295 g/mol. The predicted molar refractivity (Wildman–Crippen MR) is 77.8 cm³/mol. The molecule has 0 aliphatic carbocycles. The summed E-state index contributed by atoms with van der Waals surface area (Å²) in [5.74, 6) is 0.678. The van der Waals surface area contributed by atoms with Crippen molar-refractivity contribution < 1.29 is 14.3 Å². The van der Waals surface area contributed by atoms with Crippen molar-refractivity contribution in [2.24, 2.45) is 5.92 Å².